The molecule has 0 bridgehead atoms. The Hall–Kier alpha value is -2.37. The van der Waals surface area contributed by atoms with E-state index in [9.17, 15) is 14.4 Å². The maximum absolute atomic E-state index is 12.8. The van der Waals surface area contributed by atoms with Gasteiger partial charge in [0.15, 0.2) is 0 Å². The van der Waals surface area contributed by atoms with E-state index in [0.29, 0.717) is 19.4 Å². The second kappa shape index (κ2) is 6.50. The lowest BCUT2D eigenvalue weighted by molar-refractivity contribution is -0.142. The summed E-state index contributed by atoms with van der Waals surface area (Å²) in [5, 5.41) is 2.83. The molecule has 0 aromatic heterocycles. The Kier molecular flexibility index (Phi) is 4.54. The third-order valence-corrected chi connectivity index (χ3v) is 5.44. The second-order valence-electron chi connectivity index (χ2n) is 7.19. The third-order valence-electron chi connectivity index (χ3n) is 5.44. The predicted octanol–water partition coefficient (Wildman–Crippen LogP) is 2.21. The molecule has 2 fully saturated rings. The number of nitrogens with zero attached hydrogens (tertiary/aromatic N) is 2. The van der Waals surface area contributed by atoms with Gasteiger partial charge >= 0.3 is 6.03 Å². The van der Waals surface area contributed by atoms with Crippen LogP contribution in [0.3, 0.4) is 0 Å². The first-order valence-corrected chi connectivity index (χ1v) is 8.81. The number of imide groups is 1. The number of nitrogens with one attached hydrogen (secondary N) is 1. The zero-order chi connectivity index (χ0) is 18.2. The van der Waals surface area contributed by atoms with Crippen LogP contribution in [0.5, 0.6) is 0 Å². The fraction of sp³-hybridized carbons (Fsp3) is 0.526. The molecule has 2 aliphatic rings. The number of carbonyl (C=O) groups excluding carboxylic acids is 3. The van der Waals surface area contributed by atoms with Crippen molar-refractivity contribution in [3.8, 4) is 0 Å². The zero-order valence-electron chi connectivity index (χ0n) is 15.0. The van der Waals surface area contributed by atoms with E-state index in [1.165, 1.54) is 0 Å². The van der Waals surface area contributed by atoms with Crippen molar-refractivity contribution in [1.29, 1.82) is 0 Å². The molecule has 1 saturated carbocycles. The predicted molar refractivity (Wildman–Crippen MR) is 93.7 cm³/mol. The van der Waals surface area contributed by atoms with Crippen molar-refractivity contribution in [3.05, 3.63) is 35.4 Å². The monoisotopic (exact) mass is 343 g/mol. The van der Waals surface area contributed by atoms with Crippen LogP contribution in [0.4, 0.5) is 4.79 Å². The molecular formula is C19H25N3O3. The molecule has 0 radical (unpaired) electrons. The van der Waals surface area contributed by atoms with Gasteiger partial charge in [-0.2, -0.15) is 0 Å². The highest BCUT2D eigenvalue weighted by Crippen LogP contribution is 2.35. The minimum absolute atomic E-state index is 0.234. The molecule has 1 heterocycles. The van der Waals surface area contributed by atoms with Crippen LogP contribution in [-0.2, 0) is 16.1 Å². The van der Waals surface area contributed by atoms with Crippen molar-refractivity contribution in [2.45, 2.75) is 57.7 Å². The van der Waals surface area contributed by atoms with E-state index in [2.05, 4.69) is 5.32 Å². The molecule has 134 valence electrons. The molecule has 1 atom stereocenters. The summed E-state index contributed by atoms with van der Waals surface area (Å²) < 4.78 is 0. The fourth-order valence-electron chi connectivity index (χ4n) is 3.86. The number of rotatable bonds is 4. The van der Waals surface area contributed by atoms with Crippen LogP contribution in [0.1, 0.15) is 43.7 Å². The fourth-order valence-corrected chi connectivity index (χ4v) is 3.86. The SMILES string of the molecule is Cc1ccccc1CN(C)C(=O)[C@H](C)N1C(=O)NC2(CCCC2)C1=O. The maximum atomic E-state index is 12.8. The van der Waals surface area contributed by atoms with Gasteiger partial charge in [0.1, 0.15) is 11.6 Å². The van der Waals surface area contributed by atoms with Crippen LogP contribution in [0.2, 0.25) is 0 Å². The molecule has 1 aliphatic heterocycles. The molecule has 3 rings (SSSR count). The first-order chi connectivity index (χ1) is 11.9. The Morgan fingerprint density at radius 2 is 1.92 bits per heavy atom. The van der Waals surface area contributed by atoms with E-state index in [1.807, 2.05) is 31.2 Å². The van der Waals surface area contributed by atoms with Crippen molar-refractivity contribution in [2.24, 2.45) is 0 Å². The normalized spacial score (nSPS) is 20.0. The molecule has 1 aromatic carbocycles. The van der Waals surface area contributed by atoms with Crippen LogP contribution in [0.25, 0.3) is 0 Å². The number of carbonyl (C=O) groups is 3. The van der Waals surface area contributed by atoms with Gasteiger partial charge in [-0.3, -0.25) is 9.59 Å². The quantitative estimate of drug-likeness (QED) is 0.852. The van der Waals surface area contributed by atoms with E-state index in [-0.39, 0.29) is 11.8 Å². The van der Waals surface area contributed by atoms with Crippen molar-refractivity contribution < 1.29 is 14.4 Å². The first kappa shape index (κ1) is 17.5. The number of hydrogen-bond acceptors (Lipinski definition) is 3. The summed E-state index contributed by atoms with van der Waals surface area (Å²) in [6, 6.07) is 6.62. The van der Waals surface area contributed by atoms with Crippen LogP contribution in [0, 0.1) is 6.92 Å². The Balaban J connectivity index is 1.72. The number of likely N-dealkylation sites (N-methyl/N-ethyl adjacent to an activating group) is 1. The smallest absolute Gasteiger partial charge is 0.325 e. The summed E-state index contributed by atoms with van der Waals surface area (Å²) in [6.45, 7) is 4.07. The van der Waals surface area contributed by atoms with Gasteiger partial charge in [0.2, 0.25) is 5.91 Å². The van der Waals surface area contributed by atoms with E-state index in [1.54, 1.807) is 18.9 Å². The summed E-state index contributed by atoms with van der Waals surface area (Å²) >= 11 is 0. The summed E-state index contributed by atoms with van der Waals surface area (Å²) in [5.74, 6) is -0.484. The summed E-state index contributed by atoms with van der Waals surface area (Å²) in [4.78, 5) is 40.6. The molecule has 1 aromatic rings. The minimum atomic E-state index is -0.804. The number of hydrogen-bond donors (Lipinski definition) is 1. The largest absolute Gasteiger partial charge is 0.340 e. The molecule has 1 N–H and O–H groups in total. The molecule has 4 amide bonds. The van der Waals surface area contributed by atoms with Gasteiger partial charge in [-0.05, 0) is 37.8 Å². The van der Waals surface area contributed by atoms with Crippen LogP contribution in [-0.4, -0.2) is 46.3 Å². The number of benzene rings is 1. The second-order valence-corrected chi connectivity index (χ2v) is 7.19. The molecule has 0 unspecified atom stereocenters. The number of aryl methyl sites for hydroxylation is 1. The lowest BCUT2D eigenvalue weighted by Crippen LogP contribution is -2.50. The van der Waals surface area contributed by atoms with E-state index < -0.39 is 17.6 Å². The van der Waals surface area contributed by atoms with Crippen molar-refractivity contribution in [1.82, 2.24) is 15.1 Å². The van der Waals surface area contributed by atoms with Crippen molar-refractivity contribution >= 4 is 17.8 Å². The van der Waals surface area contributed by atoms with Crippen LogP contribution < -0.4 is 5.32 Å². The molecule has 1 aliphatic carbocycles. The van der Waals surface area contributed by atoms with E-state index >= 15 is 0 Å². The Bertz CT molecular complexity index is 710. The molecular weight excluding hydrogens is 318 g/mol. The zero-order valence-corrected chi connectivity index (χ0v) is 15.0. The first-order valence-electron chi connectivity index (χ1n) is 8.81. The Morgan fingerprint density at radius 1 is 1.28 bits per heavy atom. The highest BCUT2D eigenvalue weighted by molar-refractivity contribution is 6.09. The molecule has 6 nitrogen and oxygen atoms in total. The van der Waals surface area contributed by atoms with Gasteiger partial charge in [-0.15, -0.1) is 0 Å². The molecule has 6 heteroatoms. The maximum Gasteiger partial charge on any atom is 0.325 e. The Morgan fingerprint density at radius 3 is 2.56 bits per heavy atom. The van der Waals surface area contributed by atoms with Gasteiger partial charge in [-0.25, -0.2) is 9.69 Å². The lowest BCUT2D eigenvalue weighted by atomic mass is 9.97. The van der Waals surface area contributed by atoms with Gasteiger partial charge in [0, 0.05) is 13.6 Å². The van der Waals surface area contributed by atoms with Gasteiger partial charge in [0.05, 0.1) is 0 Å². The standard InChI is InChI=1S/C19H25N3O3/c1-13-8-4-5-9-15(13)12-21(3)16(23)14(2)22-17(24)19(20-18(22)25)10-6-7-11-19/h4-5,8-9,14H,6-7,10-12H2,1-3H3,(H,20,25)/t14-/m0/s1. The summed E-state index contributed by atoms with van der Waals surface area (Å²) in [7, 11) is 1.70. The minimum Gasteiger partial charge on any atom is -0.340 e. The lowest BCUT2D eigenvalue weighted by Gasteiger charge is -2.27. The van der Waals surface area contributed by atoms with Gasteiger partial charge < -0.3 is 10.2 Å². The average Bonchev–Trinajstić information content (AvgIpc) is 3.14. The van der Waals surface area contributed by atoms with Crippen molar-refractivity contribution in [2.75, 3.05) is 7.05 Å². The summed E-state index contributed by atoms with van der Waals surface area (Å²) in [6.07, 6.45) is 3.17. The molecule has 1 spiro atoms. The third kappa shape index (κ3) is 3.01. The van der Waals surface area contributed by atoms with E-state index in [0.717, 1.165) is 28.9 Å². The molecule has 25 heavy (non-hydrogen) atoms. The van der Waals surface area contributed by atoms with Crippen LogP contribution >= 0.6 is 0 Å². The van der Waals surface area contributed by atoms with Crippen LogP contribution in [0.15, 0.2) is 24.3 Å². The molecule has 1 saturated heterocycles. The summed E-state index contributed by atoms with van der Waals surface area (Å²) in [5.41, 5.74) is 1.38. The average molecular weight is 343 g/mol. The number of urea groups is 1. The Labute approximate surface area is 148 Å². The van der Waals surface area contributed by atoms with Crippen molar-refractivity contribution in [3.63, 3.8) is 0 Å². The van der Waals surface area contributed by atoms with E-state index in [4.69, 9.17) is 0 Å². The highest BCUT2D eigenvalue weighted by Gasteiger charge is 2.54. The van der Waals surface area contributed by atoms with Gasteiger partial charge in [-0.1, -0.05) is 37.1 Å². The van der Waals surface area contributed by atoms with Gasteiger partial charge in [0.25, 0.3) is 5.91 Å². The highest BCUT2D eigenvalue weighted by atomic mass is 16.2. The number of amides is 4. The topological polar surface area (TPSA) is 69.7 Å².